The summed E-state index contributed by atoms with van der Waals surface area (Å²) in [5, 5.41) is 6.49. The van der Waals surface area contributed by atoms with Crippen molar-refractivity contribution in [1.29, 1.82) is 0 Å². The summed E-state index contributed by atoms with van der Waals surface area (Å²) in [4.78, 5) is 15.1. The minimum absolute atomic E-state index is 0.112. The molecule has 1 atom stereocenters. The first-order chi connectivity index (χ1) is 11.6. The number of allylic oxidation sites excluding steroid dienone is 1. The average Bonchev–Trinajstić information content (AvgIpc) is 2.61. The Morgan fingerprint density at radius 2 is 1.88 bits per heavy atom. The summed E-state index contributed by atoms with van der Waals surface area (Å²) >= 11 is 0. The molecule has 5 nitrogen and oxygen atoms in total. The van der Waals surface area contributed by atoms with Crippen molar-refractivity contribution in [3.8, 4) is 5.75 Å². The summed E-state index contributed by atoms with van der Waals surface area (Å²) in [5.74, 6) is 1.63. The maximum atomic E-state index is 13.1. The van der Waals surface area contributed by atoms with Gasteiger partial charge >= 0.3 is 0 Å². The summed E-state index contributed by atoms with van der Waals surface area (Å²) in [6.07, 6.45) is 3.37. The Balaban J connectivity index is 1.93. The van der Waals surface area contributed by atoms with Crippen LogP contribution >= 0.6 is 0 Å². The van der Waals surface area contributed by atoms with Crippen LogP contribution in [-0.2, 0) is 4.79 Å². The predicted octanol–water partition coefficient (Wildman–Crippen LogP) is 2.69. The third kappa shape index (κ3) is 3.25. The van der Waals surface area contributed by atoms with Crippen molar-refractivity contribution in [2.24, 2.45) is 0 Å². The fourth-order valence-corrected chi connectivity index (χ4v) is 3.39. The number of amides is 1. The number of hydrogen-bond donors (Lipinski definition) is 2. The van der Waals surface area contributed by atoms with Gasteiger partial charge in [0.05, 0.1) is 24.5 Å². The van der Waals surface area contributed by atoms with Gasteiger partial charge in [-0.2, -0.15) is 0 Å². The lowest BCUT2D eigenvalue weighted by Crippen LogP contribution is -2.44. The molecule has 0 aromatic heterocycles. The minimum atomic E-state index is -0.195. The normalized spacial score (nSPS) is 21.2. The maximum absolute atomic E-state index is 13.1. The molecule has 3 rings (SSSR count). The Labute approximate surface area is 143 Å². The quantitative estimate of drug-likeness (QED) is 0.896. The number of likely N-dealkylation sites (tertiary alicyclic amines) is 1. The molecule has 1 saturated heterocycles. The highest BCUT2D eigenvalue weighted by atomic mass is 16.5. The molecule has 1 aromatic rings. The number of carbonyl (C=O) groups is 1. The third-order valence-electron chi connectivity index (χ3n) is 4.67. The van der Waals surface area contributed by atoms with Gasteiger partial charge in [0, 0.05) is 18.8 Å². The van der Waals surface area contributed by atoms with Gasteiger partial charge in [-0.05, 0) is 43.9 Å². The molecule has 2 aliphatic heterocycles. The van der Waals surface area contributed by atoms with Crippen LogP contribution in [0.15, 0.2) is 47.9 Å². The fourth-order valence-electron chi connectivity index (χ4n) is 3.39. The SMILES string of the molecule is C=C1NC(C)=C(C(=O)N2CCCCC2)C(c2ccc(OC)cc2)N1. The zero-order valence-electron chi connectivity index (χ0n) is 14.4. The molecule has 0 aliphatic carbocycles. The van der Waals surface area contributed by atoms with Crippen LogP contribution < -0.4 is 15.4 Å². The van der Waals surface area contributed by atoms with E-state index in [0.29, 0.717) is 5.82 Å². The Morgan fingerprint density at radius 1 is 1.21 bits per heavy atom. The summed E-state index contributed by atoms with van der Waals surface area (Å²) < 4.78 is 5.23. The minimum Gasteiger partial charge on any atom is -0.497 e. The van der Waals surface area contributed by atoms with Crippen LogP contribution in [0.4, 0.5) is 0 Å². The summed E-state index contributed by atoms with van der Waals surface area (Å²) in [7, 11) is 1.65. The van der Waals surface area contributed by atoms with E-state index < -0.39 is 0 Å². The van der Waals surface area contributed by atoms with Crippen LogP contribution in [0, 0.1) is 0 Å². The Hall–Kier alpha value is -2.43. The van der Waals surface area contributed by atoms with Crippen LogP contribution in [0.3, 0.4) is 0 Å². The van der Waals surface area contributed by atoms with Gasteiger partial charge in [0.1, 0.15) is 5.75 Å². The first-order valence-electron chi connectivity index (χ1n) is 8.46. The molecule has 1 amide bonds. The van der Waals surface area contributed by atoms with E-state index in [1.54, 1.807) is 7.11 Å². The number of piperidine rings is 1. The monoisotopic (exact) mass is 327 g/mol. The van der Waals surface area contributed by atoms with Crippen molar-refractivity contribution in [2.75, 3.05) is 20.2 Å². The average molecular weight is 327 g/mol. The summed E-state index contributed by atoms with van der Waals surface area (Å²) in [6, 6.07) is 7.62. The summed E-state index contributed by atoms with van der Waals surface area (Å²) in [5.41, 5.74) is 2.67. The zero-order valence-corrected chi connectivity index (χ0v) is 14.4. The number of carbonyl (C=O) groups excluding carboxylic acids is 1. The van der Waals surface area contributed by atoms with Crippen molar-refractivity contribution < 1.29 is 9.53 Å². The standard InChI is InChI=1S/C19H25N3O2/c1-13-17(19(23)22-11-5-4-6-12-22)18(21-14(2)20-13)15-7-9-16(24-3)10-8-15/h7-10,18,20-21H,2,4-6,11-12H2,1,3H3. The largest absolute Gasteiger partial charge is 0.497 e. The Bertz CT molecular complexity index is 658. The number of hydrogen-bond acceptors (Lipinski definition) is 4. The molecule has 2 aliphatic rings. The van der Waals surface area contributed by atoms with Crippen LogP contribution in [-0.4, -0.2) is 31.0 Å². The second kappa shape index (κ2) is 6.99. The highest BCUT2D eigenvalue weighted by molar-refractivity contribution is 5.96. The molecular weight excluding hydrogens is 302 g/mol. The predicted molar refractivity (Wildman–Crippen MR) is 94.3 cm³/mol. The molecule has 0 spiro atoms. The van der Waals surface area contributed by atoms with E-state index in [-0.39, 0.29) is 11.9 Å². The molecule has 24 heavy (non-hydrogen) atoms. The van der Waals surface area contributed by atoms with Gasteiger partial charge in [0.2, 0.25) is 0 Å². The topological polar surface area (TPSA) is 53.6 Å². The zero-order chi connectivity index (χ0) is 17.1. The van der Waals surface area contributed by atoms with Crippen LogP contribution in [0.5, 0.6) is 5.75 Å². The molecule has 2 heterocycles. The van der Waals surface area contributed by atoms with E-state index >= 15 is 0 Å². The van der Waals surface area contributed by atoms with Gasteiger partial charge in [-0.3, -0.25) is 4.79 Å². The molecule has 5 heteroatoms. The number of nitrogens with one attached hydrogen (secondary N) is 2. The maximum Gasteiger partial charge on any atom is 0.253 e. The molecule has 128 valence electrons. The van der Waals surface area contributed by atoms with Gasteiger partial charge in [0.15, 0.2) is 0 Å². The van der Waals surface area contributed by atoms with E-state index in [0.717, 1.165) is 48.5 Å². The van der Waals surface area contributed by atoms with E-state index in [2.05, 4.69) is 17.2 Å². The van der Waals surface area contributed by atoms with Gasteiger partial charge in [-0.25, -0.2) is 0 Å². The highest BCUT2D eigenvalue weighted by Crippen LogP contribution is 2.31. The molecule has 2 N–H and O–H groups in total. The highest BCUT2D eigenvalue weighted by Gasteiger charge is 2.32. The molecule has 0 saturated carbocycles. The van der Waals surface area contributed by atoms with Crippen LogP contribution in [0.2, 0.25) is 0 Å². The van der Waals surface area contributed by atoms with Crippen molar-refractivity contribution in [1.82, 2.24) is 15.5 Å². The lowest BCUT2D eigenvalue weighted by atomic mass is 9.93. The number of rotatable bonds is 3. The van der Waals surface area contributed by atoms with Crippen LogP contribution in [0.1, 0.15) is 37.8 Å². The van der Waals surface area contributed by atoms with Crippen molar-refractivity contribution >= 4 is 5.91 Å². The first-order valence-corrected chi connectivity index (χ1v) is 8.46. The number of ether oxygens (including phenoxy) is 1. The molecule has 0 bridgehead atoms. The second-order valence-electron chi connectivity index (χ2n) is 6.35. The molecule has 1 unspecified atom stereocenters. The molecule has 0 radical (unpaired) electrons. The number of nitrogens with zero attached hydrogens (tertiary/aromatic N) is 1. The van der Waals surface area contributed by atoms with E-state index in [1.807, 2.05) is 36.1 Å². The van der Waals surface area contributed by atoms with Crippen molar-refractivity contribution in [3.63, 3.8) is 0 Å². The van der Waals surface area contributed by atoms with E-state index in [1.165, 1.54) is 6.42 Å². The van der Waals surface area contributed by atoms with Gasteiger partial charge in [-0.15, -0.1) is 0 Å². The fraction of sp³-hybridized carbons (Fsp3) is 0.421. The van der Waals surface area contributed by atoms with Gasteiger partial charge in [-0.1, -0.05) is 18.7 Å². The number of benzene rings is 1. The van der Waals surface area contributed by atoms with Crippen LogP contribution in [0.25, 0.3) is 0 Å². The number of methoxy groups -OCH3 is 1. The smallest absolute Gasteiger partial charge is 0.253 e. The van der Waals surface area contributed by atoms with E-state index in [9.17, 15) is 4.79 Å². The summed E-state index contributed by atoms with van der Waals surface area (Å²) in [6.45, 7) is 7.60. The molecule has 1 fully saturated rings. The van der Waals surface area contributed by atoms with Crippen molar-refractivity contribution in [3.05, 3.63) is 53.5 Å². The second-order valence-corrected chi connectivity index (χ2v) is 6.35. The third-order valence-corrected chi connectivity index (χ3v) is 4.67. The Kier molecular flexibility index (Phi) is 4.79. The van der Waals surface area contributed by atoms with Gasteiger partial charge in [0.25, 0.3) is 5.91 Å². The van der Waals surface area contributed by atoms with E-state index in [4.69, 9.17) is 4.74 Å². The lowest BCUT2D eigenvalue weighted by Gasteiger charge is -2.35. The first kappa shape index (κ1) is 16.4. The van der Waals surface area contributed by atoms with Gasteiger partial charge < -0.3 is 20.3 Å². The lowest BCUT2D eigenvalue weighted by molar-refractivity contribution is -0.128. The van der Waals surface area contributed by atoms with Crippen molar-refractivity contribution in [2.45, 2.75) is 32.2 Å². The molecule has 1 aromatic carbocycles. The Morgan fingerprint density at radius 3 is 2.50 bits per heavy atom. The molecular formula is C19H25N3O2.